The molecule has 5 nitrogen and oxygen atoms in total. The van der Waals surface area contributed by atoms with Gasteiger partial charge in [0.2, 0.25) is 12.2 Å². The lowest BCUT2D eigenvalue weighted by Gasteiger charge is -2.00. The molecule has 0 rings (SSSR count). The highest BCUT2D eigenvalue weighted by Crippen LogP contribution is 1.89. The van der Waals surface area contributed by atoms with Gasteiger partial charge in [0.25, 0.3) is 0 Å². The Bertz CT molecular complexity index is 194. The van der Waals surface area contributed by atoms with Crippen molar-refractivity contribution in [1.29, 1.82) is 5.26 Å². The molecule has 0 atom stereocenters. The molecule has 0 aliphatic heterocycles. The topological polar surface area (TPSA) is 91.3 Å². The Hall–Kier alpha value is -1.57. The fourth-order valence-corrected chi connectivity index (χ4v) is 0.632. The van der Waals surface area contributed by atoms with E-state index in [0.717, 1.165) is 12.8 Å². The van der Waals surface area contributed by atoms with Gasteiger partial charge in [0.15, 0.2) is 6.29 Å². The Morgan fingerprint density at radius 1 is 1.58 bits per heavy atom. The van der Waals surface area contributed by atoms with Crippen LogP contribution in [0.25, 0.3) is 0 Å². The Labute approximate surface area is 71.3 Å². The van der Waals surface area contributed by atoms with Crippen LogP contribution in [0.2, 0.25) is 0 Å². The second kappa shape index (κ2) is 7.54. The van der Waals surface area contributed by atoms with E-state index in [0.29, 0.717) is 13.0 Å². The standard InChI is InChI=1S/C7H11N4O/c8-6-11-7(9)10-4-2-1-3-5-12/h1-4H2,(H3,9,10,11). The van der Waals surface area contributed by atoms with Crippen molar-refractivity contribution in [2.75, 3.05) is 6.54 Å². The second-order valence-corrected chi connectivity index (χ2v) is 2.13. The maximum atomic E-state index is 9.77. The Balaban J connectivity index is 3.26. The van der Waals surface area contributed by atoms with Crippen LogP contribution in [0.5, 0.6) is 0 Å². The van der Waals surface area contributed by atoms with Crippen LogP contribution in [-0.4, -0.2) is 18.8 Å². The summed E-state index contributed by atoms with van der Waals surface area (Å²) in [4.78, 5) is 13.0. The largest absolute Gasteiger partial charge is 0.369 e. The molecule has 0 amide bonds. The number of unbranched alkanes of at least 4 members (excludes halogenated alkanes) is 2. The van der Waals surface area contributed by atoms with Crippen molar-refractivity contribution >= 4 is 12.2 Å². The zero-order chi connectivity index (χ0) is 9.23. The number of nitriles is 1. The fourth-order valence-electron chi connectivity index (χ4n) is 0.632. The van der Waals surface area contributed by atoms with Crippen LogP contribution in [0.4, 0.5) is 0 Å². The molecule has 0 unspecified atom stereocenters. The summed E-state index contributed by atoms with van der Waals surface area (Å²) in [5.41, 5.74) is 5.24. The van der Waals surface area contributed by atoms with E-state index in [-0.39, 0.29) is 5.96 Å². The van der Waals surface area contributed by atoms with Crippen molar-refractivity contribution < 1.29 is 4.79 Å². The van der Waals surface area contributed by atoms with Crippen molar-refractivity contribution in [2.24, 2.45) is 10.7 Å². The number of nitrogens with one attached hydrogen (secondary N) is 1. The highest BCUT2D eigenvalue weighted by atomic mass is 16.1. The van der Waals surface area contributed by atoms with E-state index in [9.17, 15) is 4.79 Å². The van der Waals surface area contributed by atoms with E-state index in [1.165, 1.54) is 0 Å². The molecule has 0 aromatic carbocycles. The fraction of sp³-hybridized carbons (Fsp3) is 0.571. The van der Waals surface area contributed by atoms with E-state index in [2.05, 4.69) is 10.3 Å². The number of guanidine groups is 1. The SMILES string of the molecule is N#CN=C(N)NCCCC[C]=O. The summed E-state index contributed by atoms with van der Waals surface area (Å²) >= 11 is 0. The van der Waals surface area contributed by atoms with Gasteiger partial charge in [-0.2, -0.15) is 5.26 Å². The van der Waals surface area contributed by atoms with E-state index < -0.39 is 0 Å². The molecule has 0 aliphatic carbocycles. The van der Waals surface area contributed by atoms with Gasteiger partial charge in [-0.05, 0) is 12.8 Å². The molecule has 0 aromatic rings. The molecule has 0 aromatic heterocycles. The summed E-state index contributed by atoms with van der Waals surface area (Å²) in [6.45, 7) is 0.624. The van der Waals surface area contributed by atoms with Crippen molar-refractivity contribution in [3.63, 3.8) is 0 Å². The first-order valence-electron chi connectivity index (χ1n) is 3.62. The Morgan fingerprint density at radius 3 is 2.92 bits per heavy atom. The van der Waals surface area contributed by atoms with Gasteiger partial charge < -0.3 is 11.1 Å². The number of hydrogen-bond acceptors (Lipinski definition) is 3. The lowest BCUT2D eigenvalue weighted by atomic mass is 10.2. The van der Waals surface area contributed by atoms with Crippen molar-refractivity contribution in [2.45, 2.75) is 19.3 Å². The molecule has 0 spiro atoms. The third kappa shape index (κ3) is 6.55. The third-order valence-electron chi connectivity index (χ3n) is 1.18. The van der Waals surface area contributed by atoms with Gasteiger partial charge in [-0.25, -0.2) is 0 Å². The summed E-state index contributed by atoms with van der Waals surface area (Å²) in [7, 11) is 0. The molecule has 5 heteroatoms. The lowest BCUT2D eigenvalue weighted by Crippen LogP contribution is -2.31. The predicted molar refractivity (Wildman–Crippen MR) is 44.8 cm³/mol. The first-order valence-corrected chi connectivity index (χ1v) is 3.62. The van der Waals surface area contributed by atoms with Crippen LogP contribution in [0, 0.1) is 11.5 Å². The van der Waals surface area contributed by atoms with Crippen molar-refractivity contribution in [3.05, 3.63) is 0 Å². The van der Waals surface area contributed by atoms with Gasteiger partial charge in [-0.1, -0.05) is 0 Å². The van der Waals surface area contributed by atoms with Crippen LogP contribution in [0.3, 0.4) is 0 Å². The van der Waals surface area contributed by atoms with Crippen molar-refractivity contribution in [1.82, 2.24) is 5.32 Å². The highest BCUT2D eigenvalue weighted by Gasteiger charge is 1.90. The summed E-state index contributed by atoms with van der Waals surface area (Å²) in [5, 5.41) is 10.8. The number of carbonyl (C=O) groups excluding carboxylic acids is 1. The van der Waals surface area contributed by atoms with Gasteiger partial charge in [0, 0.05) is 13.0 Å². The molecular formula is C7H11N4O. The molecule has 0 fully saturated rings. The minimum Gasteiger partial charge on any atom is -0.369 e. The number of hydrogen-bond donors (Lipinski definition) is 2. The molecule has 0 bridgehead atoms. The molecule has 0 saturated heterocycles. The zero-order valence-electron chi connectivity index (χ0n) is 6.71. The smallest absolute Gasteiger partial charge is 0.209 e. The number of rotatable bonds is 5. The first kappa shape index (κ1) is 10.4. The predicted octanol–water partition coefficient (Wildman–Crippen LogP) is -0.348. The molecule has 12 heavy (non-hydrogen) atoms. The maximum Gasteiger partial charge on any atom is 0.209 e. The summed E-state index contributed by atoms with van der Waals surface area (Å²) < 4.78 is 0. The summed E-state index contributed by atoms with van der Waals surface area (Å²) in [6.07, 6.45) is 5.38. The normalized spacial score (nSPS) is 10.4. The summed E-state index contributed by atoms with van der Waals surface area (Å²) in [6, 6.07) is 0. The van der Waals surface area contributed by atoms with E-state index in [1.54, 1.807) is 12.5 Å². The number of nitrogens with zero attached hydrogens (tertiary/aromatic N) is 2. The first-order chi connectivity index (χ1) is 5.81. The Kier molecular flexibility index (Phi) is 6.55. The van der Waals surface area contributed by atoms with E-state index >= 15 is 0 Å². The van der Waals surface area contributed by atoms with Gasteiger partial charge in [-0.3, -0.25) is 4.79 Å². The van der Waals surface area contributed by atoms with Gasteiger partial charge in [0.1, 0.15) is 0 Å². The van der Waals surface area contributed by atoms with Crippen molar-refractivity contribution in [3.8, 4) is 6.19 Å². The van der Waals surface area contributed by atoms with Crippen LogP contribution in [0.1, 0.15) is 19.3 Å². The highest BCUT2D eigenvalue weighted by molar-refractivity contribution is 5.78. The Morgan fingerprint density at radius 2 is 2.33 bits per heavy atom. The van der Waals surface area contributed by atoms with E-state index in [1.807, 2.05) is 0 Å². The van der Waals surface area contributed by atoms with Crippen LogP contribution < -0.4 is 11.1 Å². The second-order valence-electron chi connectivity index (χ2n) is 2.13. The average Bonchev–Trinajstić information content (AvgIpc) is 2.05. The van der Waals surface area contributed by atoms with Crippen LogP contribution >= 0.6 is 0 Å². The minimum atomic E-state index is 0.118. The molecule has 1 radical (unpaired) electrons. The zero-order valence-corrected chi connectivity index (χ0v) is 6.71. The van der Waals surface area contributed by atoms with E-state index in [4.69, 9.17) is 11.0 Å². The third-order valence-corrected chi connectivity index (χ3v) is 1.18. The average molecular weight is 167 g/mol. The van der Waals surface area contributed by atoms with Gasteiger partial charge in [-0.15, -0.1) is 4.99 Å². The molecule has 0 saturated carbocycles. The maximum absolute atomic E-state index is 9.77. The van der Waals surface area contributed by atoms with Gasteiger partial charge >= 0.3 is 0 Å². The number of aliphatic imine (C=N–C) groups is 1. The molecule has 65 valence electrons. The summed E-state index contributed by atoms with van der Waals surface area (Å²) in [5.74, 6) is 0.118. The monoisotopic (exact) mass is 167 g/mol. The van der Waals surface area contributed by atoms with Crippen LogP contribution in [-0.2, 0) is 4.79 Å². The molecule has 0 aliphatic rings. The molecule has 3 N–H and O–H groups in total. The quantitative estimate of drug-likeness (QED) is 0.253. The minimum absolute atomic E-state index is 0.118. The lowest BCUT2D eigenvalue weighted by molar-refractivity contribution is 0.546. The van der Waals surface area contributed by atoms with Crippen LogP contribution in [0.15, 0.2) is 4.99 Å². The van der Waals surface area contributed by atoms with Gasteiger partial charge in [0.05, 0.1) is 0 Å². The number of nitrogens with two attached hydrogens (primary N) is 1. The molecule has 0 heterocycles. The molecular weight excluding hydrogens is 156 g/mol.